The van der Waals surface area contributed by atoms with Crippen LogP contribution < -0.4 is 10.2 Å². The van der Waals surface area contributed by atoms with Crippen LogP contribution in [-0.2, 0) is 11.3 Å². The highest BCUT2D eigenvalue weighted by Gasteiger charge is 2.37. The highest BCUT2D eigenvalue weighted by atomic mass is 16.6. The van der Waals surface area contributed by atoms with Crippen LogP contribution in [0.25, 0.3) is 0 Å². The maximum atomic E-state index is 12.4. The van der Waals surface area contributed by atoms with Crippen molar-refractivity contribution in [1.82, 2.24) is 10.2 Å². The van der Waals surface area contributed by atoms with Gasteiger partial charge in [-0.2, -0.15) is 0 Å². The molecule has 0 aliphatic carbocycles. The van der Waals surface area contributed by atoms with Crippen LogP contribution in [0.15, 0.2) is 18.2 Å². The molecule has 0 bridgehead atoms. The predicted octanol–water partition coefficient (Wildman–Crippen LogP) is 2.64. The van der Waals surface area contributed by atoms with Crippen molar-refractivity contribution in [3.63, 3.8) is 0 Å². The van der Waals surface area contributed by atoms with Crippen molar-refractivity contribution in [2.75, 3.05) is 18.1 Å². The van der Waals surface area contributed by atoms with Gasteiger partial charge in [-0.3, -0.25) is 4.90 Å². The van der Waals surface area contributed by atoms with E-state index >= 15 is 0 Å². The average Bonchev–Trinajstić information content (AvgIpc) is 2.82. The predicted molar refractivity (Wildman–Crippen MR) is 87.5 cm³/mol. The second-order valence-corrected chi connectivity index (χ2v) is 6.55. The van der Waals surface area contributed by atoms with E-state index in [0.717, 1.165) is 16.8 Å². The molecule has 0 unspecified atom stereocenters. The number of cyclic esters (lactones) is 1. The first-order valence-electron chi connectivity index (χ1n) is 8.06. The third kappa shape index (κ3) is 3.11. The molecule has 2 aliphatic heterocycles. The van der Waals surface area contributed by atoms with Gasteiger partial charge in [0.2, 0.25) is 0 Å². The highest BCUT2D eigenvalue weighted by molar-refractivity contribution is 5.91. The molecule has 2 heterocycles. The molecule has 1 aromatic carbocycles. The molecule has 23 heavy (non-hydrogen) atoms. The number of hydrogen-bond donors (Lipinski definition) is 1. The molecule has 0 radical (unpaired) electrons. The Morgan fingerprint density at radius 2 is 2.17 bits per heavy atom. The molecule has 6 heteroatoms. The molecule has 2 aliphatic rings. The van der Waals surface area contributed by atoms with E-state index < -0.39 is 0 Å². The van der Waals surface area contributed by atoms with E-state index in [1.165, 1.54) is 0 Å². The van der Waals surface area contributed by atoms with Crippen LogP contribution in [0, 0.1) is 6.92 Å². The molecular formula is C17H23N3O3. The van der Waals surface area contributed by atoms with Crippen LogP contribution in [-0.4, -0.2) is 42.3 Å². The fourth-order valence-electron chi connectivity index (χ4n) is 3.10. The third-order valence-corrected chi connectivity index (χ3v) is 4.25. The van der Waals surface area contributed by atoms with Gasteiger partial charge in [-0.25, -0.2) is 9.59 Å². The van der Waals surface area contributed by atoms with Gasteiger partial charge in [0, 0.05) is 19.1 Å². The van der Waals surface area contributed by atoms with Gasteiger partial charge < -0.3 is 15.0 Å². The van der Waals surface area contributed by atoms with Crippen molar-refractivity contribution >= 4 is 17.8 Å². The zero-order valence-electron chi connectivity index (χ0n) is 13.8. The summed E-state index contributed by atoms with van der Waals surface area (Å²) >= 11 is 0. The molecule has 6 nitrogen and oxygen atoms in total. The number of carbonyl (C=O) groups is 2. The van der Waals surface area contributed by atoms with Crippen LogP contribution >= 0.6 is 0 Å². The molecule has 1 N–H and O–H groups in total. The van der Waals surface area contributed by atoms with Gasteiger partial charge >= 0.3 is 12.1 Å². The number of ether oxygens (including phenoxy) is 1. The number of rotatable bonds is 1. The number of nitrogens with one attached hydrogen (secondary N) is 1. The van der Waals surface area contributed by atoms with Crippen LogP contribution in [0.4, 0.5) is 15.3 Å². The zero-order chi connectivity index (χ0) is 16.6. The first-order valence-corrected chi connectivity index (χ1v) is 8.06. The smallest absolute Gasteiger partial charge is 0.414 e. The molecule has 0 aromatic heterocycles. The Labute approximate surface area is 136 Å². The zero-order valence-corrected chi connectivity index (χ0v) is 13.8. The van der Waals surface area contributed by atoms with E-state index in [4.69, 9.17) is 4.74 Å². The second-order valence-electron chi connectivity index (χ2n) is 6.55. The normalized spacial score (nSPS) is 20.5. The molecule has 0 spiro atoms. The summed E-state index contributed by atoms with van der Waals surface area (Å²) in [7, 11) is 0. The van der Waals surface area contributed by atoms with Crippen molar-refractivity contribution in [2.45, 2.75) is 45.8 Å². The summed E-state index contributed by atoms with van der Waals surface area (Å²) in [5, 5.41) is 2.95. The van der Waals surface area contributed by atoms with Gasteiger partial charge in [-0.15, -0.1) is 0 Å². The van der Waals surface area contributed by atoms with Crippen molar-refractivity contribution in [3.8, 4) is 0 Å². The first kappa shape index (κ1) is 15.6. The van der Waals surface area contributed by atoms with E-state index in [1.54, 1.807) is 4.90 Å². The van der Waals surface area contributed by atoms with Crippen molar-refractivity contribution in [1.29, 1.82) is 0 Å². The molecule has 3 amide bonds. The van der Waals surface area contributed by atoms with E-state index in [0.29, 0.717) is 26.1 Å². The fourth-order valence-corrected chi connectivity index (χ4v) is 3.10. The Kier molecular flexibility index (Phi) is 4.15. The minimum atomic E-state index is -0.290. The lowest BCUT2D eigenvalue weighted by Crippen LogP contribution is -2.46. The van der Waals surface area contributed by atoms with E-state index in [2.05, 4.69) is 5.32 Å². The Morgan fingerprint density at radius 3 is 2.91 bits per heavy atom. The monoisotopic (exact) mass is 317 g/mol. The number of carbonyl (C=O) groups excluding carboxylic acids is 2. The number of anilines is 1. The molecular weight excluding hydrogens is 294 g/mol. The number of aryl methyl sites for hydroxylation is 1. The van der Waals surface area contributed by atoms with Gasteiger partial charge in [0.1, 0.15) is 6.61 Å². The number of nitrogens with zero attached hydrogens (tertiary/aromatic N) is 2. The van der Waals surface area contributed by atoms with Crippen LogP contribution in [0.3, 0.4) is 0 Å². The van der Waals surface area contributed by atoms with Crippen LogP contribution in [0.1, 0.15) is 31.4 Å². The average molecular weight is 317 g/mol. The number of urea groups is 1. The summed E-state index contributed by atoms with van der Waals surface area (Å²) in [4.78, 5) is 28.1. The Bertz CT molecular complexity index is 630. The summed E-state index contributed by atoms with van der Waals surface area (Å²) in [6, 6.07) is 6.02. The molecule has 1 atom stereocenters. The van der Waals surface area contributed by atoms with Gasteiger partial charge in [0.15, 0.2) is 0 Å². The van der Waals surface area contributed by atoms with Gasteiger partial charge in [0.25, 0.3) is 0 Å². The topological polar surface area (TPSA) is 61.9 Å². The van der Waals surface area contributed by atoms with Crippen LogP contribution in [0.5, 0.6) is 0 Å². The summed E-state index contributed by atoms with van der Waals surface area (Å²) in [5.74, 6) is 0. The lowest BCUT2D eigenvalue weighted by molar-refractivity contribution is 0.176. The Hall–Kier alpha value is -2.24. The fraction of sp³-hybridized carbons (Fsp3) is 0.529. The Balaban J connectivity index is 1.95. The third-order valence-electron chi connectivity index (χ3n) is 4.25. The quantitative estimate of drug-likeness (QED) is 0.866. The molecule has 124 valence electrons. The van der Waals surface area contributed by atoms with Crippen molar-refractivity contribution < 1.29 is 14.3 Å². The molecule has 3 rings (SSSR count). The van der Waals surface area contributed by atoms with Crippen LogP contribution in [0.2, 0.25) is 0 Å². The number of amides is 3. The lowest BCUT2D eigenvalue weighted by atomic mass is 10.0. The standard InChI is InChI=1S/C17H23N3O3/c1-11(2)18-16(21)19-7-6-14-10-23-17(22)20(14)15-8-12(3)4-5-13(15)9-19/h4-5,8,11,14H,6-7,9-10H2,1-3H3,(H,18,21)/t14-/m0/s1. The van der Waals surface area contributed by atoms with E-state index in [1.807, 2.05) is 43.9 Å². The molecule has 0 saturated carbocycles. The number of fused-ring (bicyclic) bond motifs is 3. The van der Waals surface area contributed by atoms with Gasteiger partial charge in [0.05, 0.1) is 11.7 Å². The Morgan fingerprint density at radius 1 is 1.39 bits per heavy atom. The van der Waals surface area contributed by atoms with Crippen molar-refractivity contribution in [3.05, 3.63) is 29.3 Å². The molecule has 1 saturated heterocycles. The summed E-state index contributed by atoms with van der Waals surface area (Å²) < 4.78 is 5.24. The summed E-state index contributed by atoms with van der Waals surface area (Å²) in [6.07, 6.45) is 0.423. The maximum Gasteiger partial charge on any atom is 0.414 e. The SMILES string of the molecule is Cc1ccc2c(c1)N1C(=O)OC[C@@H]1CCN(C(=O)NC(C)C)C2. The molecule has 1 aromatic rings. The van der Waals surface area contributed by atoms with Gasteiger partial charge in [-0.05, 0) is 44.4 Å². The number of benzene rings is 1. The first-order chi connectivity index (χ1) is 11.0. The summed E-state index contributed by atoms with van der Waals surface area (Å²) in [6.45, 7) is 7.37. The van der Waals surface area contributed by atoms with E-state index in [9.17, 15) is 9.59 Å². The summed E-state index contributed by atoms with van der Waals surface area (Å²) in [5.41, 5.74) is 2.92. The van der Waals surface area contributed by atoms with Gasteiger partial charge in [-0.1, -0.05) is 12.1 Å². The number of hydrogen-bond acceptors (Lipinski definition) is 3. The van der Waals surface area contributed by atoms with E-state index in [-0.39, 0.29) is 24.2 Å². The largest absolute Gasteiger partial charge is 0.447 e. The highest BCUT2D eigenvalue weighted by Crippen LogP contribution is 2.32. The molecule has 1 fully saturated rings. The van der Waals surface area contributed by atoms with Crippen molar-refractivity contribution in [2.24, 2.45) is 0 Å². The minimum absolute atomic E-state index is 0.0160. The lowest BCUT2D eigenvalue weighted by Gasteiger charge is -2.33. The second kappa shape index (κ2) is 6.10. The maximum absolute atomic E-state index is 12.4. The minimum Gasteiger partial charge on any atom is -0.447 e.